The van der Waals surface area contributed by atoms with Gasteiger partial charge in [-0.3, -0.25) is 0 Å². The minimum Gasteiger partial charge on any atom is -0.508 e. The highest BCUT2D eigenvalue weighted by Gasteiger charge is 1.99. The van der Waals surface area contributed by atoms with Crippen molar-refractivity contribution in [3.8, 4) is 5.75 Å². The van der Waals surface area contributed by atoms with E-state index < -0.39 is 0 Å². The van der Waals surface area contributed by atoms with E-state index in [0.717, 1.165) is 25.5 Å². The Morgan fingerprint density at radius 2 is 2.14 bits per heavy atom. The number of aldehydes is 1. The zero-order valence-corrected chi connectivity index (χ0v) is 8.49. The number of carbonyl (C=O) groups is 1. The first-order chi connectivity index (χ1) is 6.74. The van der Waals surface area contributed by atoms with E-state index in [1.54, 1.807) is 12.1 Å². The number of hydrogen-bond donors (Lipinski definition) is 1. The Labute approximate surface area is 84.6 Å². The average molecular weight is 192 g/mol. The van der Waals surface area contributed by atoms with Gasteiger partial charge in [0.2, 0.25) is 0 Å². The summed E-state index contributed by atoms with van der Waals surface area (Å²) in [6.07, 6.45) is 4.46. The largest absolute Gasteiger partial charge is 0.508 e. The molecule has 2 heteroatoms. The van der Waals surface area contributed by atoms with Gasteiger partial charge < -0.3 is 9.90 Å². The van der Waals surface area contributed by atoms with Crippen LogP contribution in [0.5, 0.6) is 5.75 Å². The Hall–Kier alpha value is -1.31. The van der Waals surface area contributed by atoms with E-state index >= 15 is 0 Å². The van der Waals surface area contributed by atoms with Gasteiger partial charge in [-0.1, -0.05) is 6.07 Å². The van der Waals surface area contributed by atoms with Crippen LogP contribution in [0, 0.1) is 6.92 Å². The van der Waals surface area contributed by atoms with Crippen LogP contribution >= 0.6 is 0 Å². The van der Waals surface area contributed by atoms with Crippen molar-refractivity contribution in [1.82, 2.24) is 0 Å². The highest BCUT2D eigenvalue weighted by atomic mass is 16.3. The van der Waals surface area contributed by atoms with Crippen molar-refractivity contribution in [1.29, 1.82) is 0 Å². The molecule has 1 rings (SSSR count). The van der Waals surface area contributed by atoms with Gasteiger partial charge in [-0.2, -0.15) is 0 Å². The Bertz CT molecular complexity index is 305. The van der Waals surface area contributed by atoms with Crippen molar-refractivity contribution in [3.05, 3.63) is 29.3 Å². The van der Waals surface area contributed by atoms with Crippen LogP contribution in [0.15, 0.2) is 18.2 Å². The maximum Gasteiger partial charge on any atom is 0.119 e. The van der Waals surface area contributed by atoms with Gasteiger partial charge in [0.15, 0.2) is 0 Å². The molecule has 1 N–H and O–H groups in total. The molecule has 76 valence electrons. The SMILES string of the molecule is Cc1ccc(O)cc1CCCCC=O. The quantitative estimate of drug-likeness (QED) is 0.575. The maximum atomic E-state index is 10.1. The molecule has 0 atom stereocenters. The molecule has 1 aromatic rings. The molecule has 0 heterocycles. The topological polar surface area (TPSA) is 37.3 Å². The van der Waals surface area contributed by atoms with Crippen molar-refractivity contribution in [2.24, 2.45) is 0 Å². The Balaban J connectivity index is 2.49. The van der Waals surface area contributed by atoms with E-state index in [1.807, 2.05) is 13.0 Å². The van der Waals surface area contributed by atoms with E-state index in [9.17, 15) is 9.90 Å². The predicted molar refractivity (Wildman–Crippen MR) is 56.5 cm³/mol. The number of phenolic OH excluding ortho intramolecular Hbond substituents is 1. The van der Waals surface area contributed by atoms with Gasteiger partial charge in [0, 0.05) is 6.42 Å². The highest BCUT2D eigenvalue weighted by molar-refractivity contribution is 5.49. The molecule has 0 saturated heterocycles. The van der Waals surface area contributed by atoms with Gasteiger partial charge in [-0.05, 0) is 49.4 Å². The summed E-state index contributed by atoms with van der Waals surface area (Å²) in [5.41, 5.74) is 2.38. The summed E-state index contributed by atoms with van der Waals surface area (Å²) in [6, 6.07) is 5.42. The second-order valence-corrected chi connectivity index (χ2v) is 3.52. The lowest BCUT2D eigenvalue weighted by molar-refractivity contribution is -0.107. The fourth-order valence-electron chi connectivity index (χ4n) is 1.47. The normalized spacial score (nSPS) is 10.1. The molecule has 0 fully saturated rings. The summed E-state index contributed by atoms with van der Waals surface area (Å²) in [5, 5.41) is 9.28. The third-order valence-electron chi connectivity index (χ3n) is 2.35. The van der Waals surface area contributed by atoms with Gasteiger partial charge in [-0.25, -0.2) is 0 Å². The monoisotopic (exact) mass is 192 g/mol. The van der Waals surface area contributed by atoms with E-state index in [2.05, 4.69) is 0 Å². The van der Waals surface area contributed by atoms with Crippen molar-refractivity contribution in [2.45, 2.75) is 32.6 Å². The van der Waals surface area contributed by atoms with Crippen LogP contribution in [0.25, 0.3) is 0 Å². The highest BCUT2D eigenvalue weighted by Crippen LogP contribution is 2.17. The zero-order chi connectivity index (χ0) is 10.4. The molecule has 0 unspecified atom stereocenters. The molecule has 0 aliphatic rings. The maximum absolute atomic E-state index is 10.1. The first-order valence-corrected chi connectivity index (χ1v) is 4.96. The second-order valence-electron chi connectivity index (χ2n) is 3.52. The van der Waals surface area contributed by atoms with Crippen LogP contribution in [0.3, 0.4) is 0 Å². The lowest BCUT2D eigenvalue weighted by Gasteiger charge is -2.05. The third kappa shape index (κ3) is 3.21. The Kier molecular flexibility index (Phi) is 4.17. The fraction of sp³-hybridized carbons (Fsp3) is 0.417. The van der Waals surface area contributed by atoms with E-state index in [1.165, 1.54) is 11.1 Å². The molecule has 0 radical (unpaired) electrons. The molecule has 1 aromatic carbocycles. The number of unbranched alkanes of at least 4 members (excludes halogenated alkanes) is 2. The van der Waals surface area contributed by atoms with Crippen molar-refractivity contribution in [3.63, 3.8) is 0 Å². The van der Waals surface area contributed by atoms with Crippen molar-refractivity contribution < 1.29 is 9.90 Å². The number of aryl methyl sites for hydroxylation is 2. The molecule has 0 bridgehead atoms. The molecular formula is C12H16O2. The van der Waals surface area contributed by atoms with Crippen molar-refractivity contribution in [2.75, 3.05) is 0 Å². The third-order valence-corrected chi connectivity index (χ3v) is 2.35. The molecule has 2 nitrogen and oxygen atoms in total. The lowest BCUT2D eigenvalue weighted by Crippen LogP contribution is -1.90. The second kappa shape index (κ2) is 5.43. The summed E-state index contributed by atoms with van der Waals surface area (Å²) in [5.74, 6) is 0.320. The molecule has 14 heavy (non-hydrogen) atoms. The molecule has 0 aliphatic carbocycles. The molecule has 0 aliphatic heterocycles. The summed E-state index contributed by atoms with van der Waals surface area (Å²) in [7, 11) is 0. The van der Waals surface area contributed by atoms with Gasteiger partial charge in [0.1, 0.15) is 12.0 Å². The molecule has 0 spiro atoms. The predicted octanol–water partition coefficient (Wildman–Crippen LogP) is 2.61. The molecule has 0 aromatic heterocycles. The van der Waals surface area contributed by atoms with Crippen LogP contribution in [-0.4, -0.2) is 11.4 Å². The van der Waals surface area contributed by atoms with Gasteiger partial charge in [-0.15, -0.1) is 0 Å². The molecular weight excluding hydrogens is 176 g/mol. The number of phenols is 1. The van der Waals surface area contributed by atoms with Crippen LogP contribution in [-0.2, 0) is 11.2 Å². The molecule has 0 saturated carbocycles. The summed E-state index contributed by atoms with van der Waals surface area (Å²) in [6.45, 7) is 2.04. The minimum absolute atomic E-state index is 0.320. The smallest absolute Gasteiger partial charge is 0.119 e. The zero-order valence-electron chi connectivity index (χ0n) is 8.49. The summed E-state index contributed by atoms with van der Waals surface area (Å²) in [4.78, 5) is 10.1. The summed E-state index contributed by atoms with van der Waals surface area (Å²) >= 11 is 0. The van der Waals surface area contributed by atoms with Crippen LogP contribution in [0.2, 0.25) is 0 Å². The number of carbonyl (C=O) groups excluding carboxylic acids is 1. The number of benzene rings is 1. The Morgan fingerprint density at radius 3 is 2.86 bits per heavy atom. The lowest BCUT2D eigenvalue weighted by atomic mass is 10.0. The van der Waals surface area contributed by atoms with E-state index in [-0.39, 0.29) is 0 Å². The first-order valence-electron chi connectivity index (χ1n) is 4.96. The number of aromatic hydroxyl groups is 1. The Morgan fingerprint density at radius 1 is 1.36 bits per heavy atom. The average Bonchev–Trinajstić information content (AvgIpc) is 2.18. The fourth-order valence-corrected chi connectivity index (χ4v) is 1.47. The van der Waals surface area contributed by atoms with Gasteiger partial charge in [0.05, 0.1) is 0 Å². The number of rotatable bonds is 5. The van der Waals surface area contributed by atoms with Crippen molar-refractivity contribution >= 4 is 6.29 Å². The van der Waals surface area contributed by atoms with Crippen LogP contribution < -0.4 is 0 Å². The van der Waals surface area contributed by atoms with Gasteiger partial charge >= 0.3 is 0 Å². The molecule has 0 amide bonds. The van der Waals surface area contributed by atoms with Gasteiger partial charge in [0.25, 0.3) is 0 Å². The standard InChI is InChI=1S/C12H16O2/c1-10-6-7-12(14)9-11(10)5-3-2-4-8-13/h6-9,14H,2-5H2,1H3. The summed E-state index contributed by atoms with van der Waals surface area (Å²) < 4.78 is 0. The first kappa shape index (κ1) is 10.8. The minimum atomic E-state index is 0.320. The van der Waals surface area contributed by atoms with E-state index in [0.29, 0.717) is 12.2 Å². The van der Waals surface area contributed by atoms with Crippen LogP contribution in [0.4, 0.5) is 0 Å². The van der Waals surface area contributed by atoms with Crippen LogP contribution in [0.1, 0.15) is 30.4 Å². The number of hydrogen-bond acceptors (Lipinski definition) is 2. The van der Waals surface area contributed by atoms with E-state index in [4.69, 9.17) is 0 Å².